The number of nitrogens with one attached hydrogen (secondary N) is 1. The van der Waals surface area contributed by atoms with Crippen LogP contribution in [0.4, 0.5) is 4.39 Å². The van der Waals surface area contributed by atoms with Crippen LogP contribution < -0.4 is 10.1 Å². The van der Waals surface area contributed by atoms with Crippen molar-refractivity contribution in [2.24, 2.45) is 0 Å². The number of hydrogen-bond acceptors (Lipinski definition) is 2. The van der Waals surface area contributed by atoms with Crippen molar-refractivity contribution in [2.75, 3.05) is 13.2 Å². The fraction of sp³-hybridized carbons (Fsp3) is 0.235. The summed E-state index contributed by atoms with van der Waals surface area (Å²) in [6.45, 7) is 2.63. The first-order chi connectivity index (χ1) is 10.6. The third-order valence-electron chi connectivity index (χ3n) is 3.15. The van der Waals surface area contributed by atoms with E-state index in [0.29, 0.717) is 6.61 Å². The Morgan fingerprint density at radius 3 is 2.77 bits per heavy atom. The van der Waals surface area contributed by atoms with E-state index in [2.05, 4.69) is 12.2 Å². The van der Waals surface area contributed by atoms with E-state index in [0.717, 1.165) is 12.2 Å². The predicted molar refractivity (Wildman–Crippen MR) is 85.1 cm³/mol. The Morgan fingerprint density at radius 2 is 2.05 bits per heavy atom. The first kappa shape index (κ1) is 16.3. The number of carbonyl (C=O) groups is 1. The number of rotatable bonds is 6. The monoisotopic (exact) mass is 321 g/mol. The minimum atomic E-state index is -0.637. The summed E-state index contributed by atoms with van der Waals surface area (Å²) in [6, 6.07) is 11.9. The highest BCUT2D eigenvalue weighted by molar-refractivity contribution is 6.33. The first-order valence-corrected chi connectivity index (χ1v) is 7.43. The van der Waals surface area contributed by atoms with Gasteiger partial charge in [-0.1, -0.05) is 36.7 Å². The molecule has 0 radical (unpaired) electrons. The molecule has 0 aliphatic rings. The number of ether oxygens (including phenoxy) is 1. The Morgan fingerprint density at radius 1 is 1.27 bits per heavy atom. The number of amides is 1. The zero-order chi connectivity index (χ0) is 15.9. The quantitative estimate of drug-likeness (QED) is 0.821. The van der Waals surface area contributed by atoms with Gasteiger partial charge in [-0.3, -0.25) is 4.79 Å². The van der Waals surface area contributed by atoms with Gasteiger partial charge in [-0.15, -0.1) is 0 Å². The Labute approximate surface area is 134 Å². The smallest absolute Gasteiger partial charge is 0.255 e. The van der Waals surface area contributed by atoms with Gasteiger partial charge in [-0.2, -0.15) is 0 Å². The minimum Gasteiger partial charge on any atom is -0.492 e. The summed E-state index contributed by atoms with van der Waals surface area (Å²) in [5.74, 6) is -0.437. The molecule has 0 saturated carbocycles. The lowest BCUT2D eigenvalue weighted by molar-refractivity contribution is 0.0943. The maximum atomic E-state index is 13.6. The molecule has 0 fully saturated rings. The molecule has 5 heteroatoms. The average molecular weight is 322 g/mol. The van der Waals surface area contributed by atoms with Gasteiger partial charge in [0.1, 0.15) is 18.2 Å². The van der Waals surface area contributed by atoms with Gasteiger partial charge in [0.05, 0.1) is 17.1 Å². The molecule has 3 nitrogen and oxygen atoms in total. The molecule has 0 heterocycles. The first-order valence-electron chi connectivity index (χ1n) is 7.05. The largest absolute Gasteiger partial charge is 0.492 e. The Kier molecular flexibility index (Phi) is 5.78. The van der Waals surface area contributed by atoms with Crippen molar-refractivity contribution < 1.29 is 13.9 Å². The summed E-state index contributed by atoms with van der Waals surface area (Å²) in [7, 11) is 0. The maximum absolute atomic E-state index is 13.6. The molecular weight excluding hydrogens is 305 g/mol. The molecule has 2 aromatic carbocycles. The van der Waals surface area contributed by atoms with Crippen molar-refractivity contribution >= 4 is 17.5 Å². The summed E-state index contributed by atoms with van der Waals surface area (Å²) in [6.07, 6.45) is 0.930. The molecule has 116 valence electrons. The zero-order valence-corrected chi connectivity index (χ0v) is 13.0. The molecule has 0 unspecified atom stereocenters. The third-order valence-corrected chi connectivity index (χ3v) is 3.47. The third kappa shape index (κ3) is 4.21. The Balaban J connectivity index is 1.85. The van der Waals surface area contributed by atoms with Crippen LogP contribution in [-0.2, 0) is 6.42 Å². The fourth-order valence-corrected chi connectivity index (χ4v) is 2.24. The molecular formula is C17H17ClFNO2. The highest BCUT2D eigenvalue weighted by atomic mass is 35.5. The van der Waals surface area contributed by atoms with Crippen LogP contribution in [0.5, 0.6) is 5.75 Å². The molecule has 0 saturated heterocycles. The number of benzene rings is 2. The highest BCUT2D eigenvalue weighted by Crippen LogP contribution is 2.18. The fourth-order valence-electron chi connectivity index (χ4n) is 1.99. The van der Waals surface area contributed by atoms with E-state index in [-0.39, 0.29) is 17.1 Å². The van der Waals surface area contributed by atoms with Gasteiger partial charge in [0.15, 0.2) is 0 Å². The average Bonchev–Trinajstić information content (AvgIpc) is 2.51. The molecule has 0 atom stereocenters. The lowest BCUT2D eigenvalue weighted by Crippen LogP contribution is -2.29. The summed E-state index contributed by atoms with van der Waals surface area (Å²) < 4.78 is 19.1. The van der Waals surface area contributed by atoms with Gasteiger partial charge in [0, 0.05) is 0 Å². The highest BCUT2D eigenvalue weighted by Gasteiger charge is 2.14. The second-order valence-corrected chi connectivity index (χ2v) is 5.11. The zero-order valence-electron chi connectivity index (χ0n) is 12.2. The normalized spacial score (nSPS) is 10.3. The van der Waals surface area contributed by atoms with E-state index in [9.17, 15) is 9.18 Å². The van der Waals surface area contributed by atoms with Gasteiger partial charge < -0.3 is 10.1 Å². The van der Waals surface area contributed by atoms with Gasteiger partial charge in [-0.25, -0.2) is 4.39 Å². The van der Waals surface area contributed by atoms with Crippen LogP contribution >= 0.6 is 11.6 Å². The van der Waals surface area contributed by atoms with Crippen molar-refractivity contribution in [3.8, 4) is 5.75 Å². The Hall–Kier alpha value is -2.07. The van der Waals surface area contributed by atoms with Crippen LogP contribution in [0.15, 0.2) is 42.5 Å². The van der Waals surface area contributed by atoms with Crippen molar-refractivity contribution in [1.29, 1.82) is 0 Å². The van der Waals surface area contributed by atoms with Crippen LogP contribution in [0.1, 0.15) is 22.8 Å². The summed E-state index contributed by atoms with van der Waals surface area (Å²) in [4.78, 5) is 11.9. The number of hydrogen-bond donors (Lipinski definition) is 1. The predicted octanol–water partition coefficient (Wildman–Crippen LogP) is 3.85. The van der Waals surface area contributed by atoms with E-state index in [1.54, 1.807) is 0 Å². The van der Waals surface area contributed by atoms with Crippen LogP contribution in [0.3, 0.4) is 0 Å². The molecule has 0 bridgehead atoms. The maximum Gasteiger partial charge on any atom is 0.255 e. The Bertz CT molecular complexity index is 641. The molecule has 1 N–H and O–H groups in total. The molecule has 2 rings (SSSR count). The topological polar surface area (TPSA) is 38.3 Å². The minimum absolute atomic E-state index is 0.0917. The molecule has 0 aliphatic carbocycles. The second-order valence-electron chi connectivity index (χ2n) is 4.70. The van der Waals surface area contributed by atoms with Crippen molar-refractivity contribution in [2.45, 2.75) is 13.3 Å². The van der Waals surface area contributed by atoms with Gasteiger partial charge in [-0.05, 0) is 36.2 Å². The van der Waals surface area contributed by atoms with Gasteiger partial charge in [0.25, 0.3) is 5.91 Å². The van der Waals surface area contributed by atoms with Crippen LogP contribution in [-0.4, -0.2) is 19.1 Å². The van der Waals surface area contributed by atoms with Crippen LogP contribution in [0.2, 0.25) is 5.02 Å². The van der Waals surface area contributed by atoms with Crippen LogP contribution in [0.25, 0.3) is 0 Å². The number of carbonyl (C=O) groups excluding carboxylic acids is 1. The van der Waals surface area contributed by atoms with Crippen molar-refractivity contribution in [3.05, 3.63) is 64.4 Å². The van der Waals surface area contributed by atoms with Gasteiger partial charge in [0.2, 0.25) is 0 Å². The summed E-state index contributed by atoms with van der Waals surface area (Å²) in [5.41, 5.74) is 1.04. The lowest BCUT2D eigenvalue weighted by atomic mass is 10.2. The molecule has 1 amide bonds. The van der Waals surface area contributed by atoms with E-state index in [4.69, 9.17) is 16.3 Å². The number of halogens is 2. The molecule has 0 spiro atoms. The van der Waals surface area contributed by atoms with E-state index < -0.39 is 11.7 Å². The standard InChI is InChI=1S/C17H17ClFNO2/c1-2-12-5-3-6-13(11-12)22-10-9-20-17(21)16-14(18)7-4-8-15(16)19/h3-8,11H,2,9-10H2,1H3,(H,20,21). The molecule has 2 aromatic rings. The lowest BCUT2D eigenvalue weighted by Gasteiger charge is -2.10. The number of aryl methyl sites for hydroxylation is 1. The van der Waals surface area contributed by atoms with E-state index in [1.807, 2.05) is 24.3 Å². The second kappa shape index (κ2) is 7.80. The SMILES string of the molecule is CCc1cccc(OCCNC(=O)c2c(F)cccc2Cl)c1. The molecule has 0 aliphatic heterocycles. The van der Waals surface area contributed by atoms with E-state index in [1.165, 1.54) is 23.8 Å². The summed E-state index contributed by atoms with van der Waals surface area (Å²) >= 11 is 5.83. The molecule has 22 heavy (non-hydrogen) atoms. The van der Waals surface area contributed by atoms with Crippen molar-refractivity contribution in [3.63, 3.8) is 0 Å². The van der Waals surface area contributed by atoms with Crippen molar-refractivity contribution in [1.82, 2.24) is 5.32 Å². The van der Waals surface area contributed by atoms with E-state index >= 15 is 0 Å². The van der Waals surface area contributed by atoms with Crippen LogP contribution in [0, 0.1) is 5.82 Å². The van der Waals surface area contributed by atoms with Gasteiger partial charge >= 0.3 is 0 Å². The molecule has 0 aromatic heterocycles. The summed E-state index contributed by atoms with van der Waals surface area (Å²) in [5, 5.41) is 2.68.